The molecule has 2 aliphatic rings. The van der Waals surface area contributed by atoms with E-state index in [-0.39, 0.29) is 22.9 Å². The molecule has 1 aromatic carbocycles. The zero-order valence-corrected chi connectivity index (χ0v) is 22.7. The van der Waals surface area contributed by atoms with Gasteiger partial charge in [-0.2, -0.15) is 4.39 Å². The number of rotatable bonds is 6. The first kappa shape index (κ1) is 29.7. The van der Waals surface area contributed by atoms with Gasteiger partial charge in [-0.15, -0.1) is 0 Å². The summed E-state index contributed by atoms with van der Waals surface area (Å²) in [6.07, 6.45) is 8.60. The lowest BCUT2D eigenvalue weighted by atomic mass is 9.73. The Balaban J connectivity index is 0.000000380. The van der Waals surface area contributed by atoms with Crippen LogP contribution in [0.4, 0.5) is 8.78 Å². The van der Waals surface area contributed by atoms with Crippen LogP contribution in [0.5, 0.6) is 0 Å². The third kappa shape index (κ3) is 9.50. The summed E-state index contributed by atoms with van der Waals surface area (Å²) in [6.45, 7) is 13.0. The van der Waals surface area contributed by atoms with E-state index in [1.807, 2.05) is 0 Å². The van der Waals surface area contributed by atoms with E-state index >= 15 is 0 Å². The van der Waals surface area contributed by atoms with E-state index in [2.05, 4.69) is 68.3 Å². The minimum atomic E-state index is -0.675. The molecule has 0 radical (unpaired) electrons. The average molecular weight is 500 g/mol. The van der Waals surface area contributed by atoms with E-state index in [0.717, 1.165) is 44.7 Å². The van der Waals surface area contributed by atoms with Crippen LogP contribution in [0, 0.1) is 0 Å². The zero-order chi connectivity index (χ0) is 26.9. The molecule has 1 atom stereocenters. The lowest BCUT2D eigenvalue weighted by Crippen LogP contribution is -2.48. The Kier molecular flexibility index (Phi) is 10.8. The van der Waals surface area contributed by atoms with Gasteiger partial charge in [0.25, 0.3) is 0 Å². The standard InChI is InChI=1S/C22H37N3O.C8H6F2/c1-16(25-17(2)26)11-14-24-22(12-9-20(23)10-13-22)19-8-6-7-18(15-19)21(3,4)5;1-6-2-3-7(9)5-8(10)4-6/h6-8,15-16,20,24H,9-14,23H2,1-5H3,(H,25,26);2,4-5H,1H3/t16-,20?,22?;/m0./s1. The van der Waals surface area contributed by atoms with Crippen molar-refractivity contribution in [2.75, 3.05) is 6.54 Å². The van der Waals surface area contributed by atoms with Gasteiger partial charge in [0, 0.05) is 30.6 Å². The van der Waals surface area contributed by atoms with Crippen LogP contribution < -0.4 is 16.4 Å². The highest BCUT2D eigenvalue weighted by molar-refractivity contribution is 5.73. The number of carbonyl (C=O) groups excluding carboxylic acids is 1. The predicted octanol–water partition coefficient (Wildman–Crippen LogP) is 6.39. The molecule has 0 aliphatic heterocycles. The van der Waals surface area contributed by atoms with E-state index in [4.69, 9.17) is 5.73 Å². The average Bonchev–Trinajstić information content (AvgIpc) is 2.93. The number of amides is 1. The molecule has 1 aromatic rings. The summed E-state index contributed by atoms with van der Waals surface area (Å²) in [4.78, 5) is 11.2. The van der Waals surface area contributed by atoms with Gasteiger partial charge in [-0.1, -0.05) is 50.8 Å². The summed E-state index contributed by atoms with van der Waals surface area (Å²) in [6, 6.07) is 9.55. The van der Waals surface area contributed by atoms with Crippen molar-refractivity contribution in [3.8, 4) is 0 Å². The molecule has 0 bridgehead atoms. The van der Waals surface area contributed by atoms with Gasteiger partial charge in [-0.25, -0.2) is 4.39 Å². The van der Waals surface area contributed by atoms with Crippen LogP contribution >= 0.6 is 0 Å². The van der Waals surface area contributed by atoms with Crippen LogP contribution in [-0.2, 0) is 15.7 Å². The van der Waals surface area contributed by atoms with Crippen molar-refractivity contribution >= 4 is 5.91 Å². The molecule has 0 saturated heterocycles. The first-order valence-corrected chi connectivity index (χ1v) is 12.9. The number of nitrogens with one attached hydrogen (secondary N) is 2. The SMILES string of the molecule is CC(=O)N[C@@H](C)CCNC1(c2cccc(C(C)(C)C)c2)CCC(N)CC1.CC1=CC(F)=CC(F)=C=C1. The fourth-order valence-electron chi connectivity index (χ4n) is 4.58. The zero-order valence-electron chi connectivity index (χ0n) is 22.7. The van der Waals surface area contributed by atoms with Crippen molar-refractivity contribution in [3.05, 3.63) is 76.6 Å². The highest BCUT2D eigenvalue weighted by atomic mass is 19.1. The summed E-state index contributed by atoms with van der Waals surface area (Å²) in [7, 11) is 0. The second-order valence-electron chi connectivity index (χ2n) is 11.1. The van der Waals surface area contributed by atoms with Crippen molar-refractivity contribution in [1.82, 2.24) is 10.6 Å². The van der Waals surface area contributed by atoms with Gasteiger partial charge >= 0.3 is 0 Å². The molecule has 0 spiro atoms. The molecule has 0 heterocycles. The van der Waals surface area contributed by atoms with Crippen LogP contribution in [0.1, 0.15) is 84.8 Å². The normalized spacial score (nSPS) is 22.8. The van der Waals surface area contributed by atoms with E-state index in [1.54, 1.807) is 13.8 Å². The summed E-state index contributed by atoms with van der Waals surface area (Å²) in [5.74, 6) is -1.21. The summed E-state index contributed by atoms with van der Waals surface area (Å²) in [5, 5.41) is 6.82. The van der Waals surface area contributed by atoms with E-state index in [9.17, 15) is 13.6 Å². The Bertz CT molecular complexity index is 1020. The highest BCUT2D eigenvalue weighted by Gasteiger charge is 2.36. The van der Waals surface area contributed by atoms with Crippen molar-refractivity contribution < 1.29 is 13.6 Å². The number of hydrogen-bond acceptors (Lipinski definition) is 3. The lowest BCUT2D eigenvalue weighted by Gasteiger charge is -2.41. The molecule has 2 aliphatic carbocycles. The highest BCUT2D eigenvalue weighted by Crippen LogP contribution is 2.38. The van der Waals surface area contributed by atoms with Gasteiger partial charge < -0.3 is 16.4 Å². The van der Waals surface area contributed by atoms with Gasteiger partial charge in [-0.3, -0.25) is 4.79 Å². The minimum absolute atomic E-state index is 0.00687. The van der Waals surface area contributed by atoms with Crippen molar-refractivity contribution in [3.63, 3.8) is 0 Å². The van der Waals surface area contributed by atoms with Gasteiger partial charge in [0.2, 0.25) is 5.91 Å². The molecule has 6 heteroatoms. The molecule has 1 amide bonds. The molecule has 36 heavy (non-hydrogen) atoms. The summed E-state index contributed by atoms with van der Waals surface area (Å²) < 4.78 is 24.7. The molecule has 3 rings (SSSR count). The number of hydrogen-bond donors (Lipinski definition) is 3. The van der Waals surface area contributed by atoms with Crippen LogP contribution in [0.2, 0.25) is 0 Å². The van der Waals surface area contributed by atoms with E-state index in [0.29, 0.717) is 11.6 Å². The molecule has 0 unspecified atom stereocenters. The van der Waals surface area contributed by atoms with Crippen LogP contribution in [-0.4, -0.2) is 24.5 Å². The van der Waals surface area contributed by atoms with Crippen molar-refractivity contribution in [1.29, 1.82) is 0 Å². The second kappa shape index (κ2) is 13.1. The molecule has 198 valence electrons. The first-order valence-electron chi connectivity index (χ1n) is 12.9. The summed E-state index contributed by atoms with van der Waals surface area (Å²) in [5.41, 5.74) is 12.0. The fourth-order valence-corrected chi connectivity index (χ4v) is 4.58. The molecule has 1 fully saturated rings. The third-order valence-electron chi connectivity index (χ3n) is 6.72. The van der Waals surface area contributed by atoms with Crippen molar-refractivity contribution in [2.24, 2.45) is 5.73 Å². The minimum Gasteiger partial charge on any atom is -0.354 e. The molecule has 4 nitrogen and oxygen atoms in total. The first-order chi connectivity index (χ1) is 16.8. The Morgan fingerprint density at radius 1 is 1.22 bits per heavy atom. The molecule has 0 aromatic heterocycles. The molecule has 1 saturated carbocycles. The lowest BCUT2D eigenvalue weighted by molar-refractivity contribution is -0.119. The predicted molar refractivity (Wildman–Crippen MR) is 145 cm³/mol. The Morgan fingerprint density at radius 3 is 2.50 bits per heavy atom. The number of allylic oxidation sites excluding steroid dienone is 5. The van der Waals surface area contributed by atoms with Crippen LogP contribution in [0.3, 0.4) is 0 Å². The van der Waals surface area contributed by atoms with Gasteiger partial charge in [0.1, 0.15) is 5.83 Å². The van der Waals surface area contributed by atoms with Crippen LogP contribution in [0.25, 0.3) is 0 Å². The number of benzene rings is 1. The van der Waals surface area contributed by atoms with E-state index in [1.165, 1.54) is 23.3 Å². The molecular weight excluding hydrogens is 456 g/mol. The van der Waals surface area contributed by atoms with Crippen LogP contribution in [0.15, 0.2) is 65.5 Å². The molecule has 4 N–H and O–H groups in total. The summed E-state index contributed by atoms with van der Waals surface area (Å²) >= 11 is 0. The maximum Gasteiger partial charge on any atom is 0.217 e. The smallest absolute Gasteiger partial charge is 0.217 e. The van der Waals surface area contributed by atoms with Gasteiger partial charge in [0.15, 0.2) is 5.83 Å². The third-order valence-corrected chi connectivity index (χ3v) is 6.72. The second-order valence-corrected chi connectivity index (χ2v) is 11.1. The number of carbonyl (C=O) groups is 1. The number of halogens is 2. The number of nitrogens with two attached hydrogens (primary N) is 1. The Labute approximate surface area is 215 Å². The quantitative estimate of drug-likeness (QED) is 0.397. The largest absolute Gasteiger partial charge is 0.354 e. The molecular formula is C30H43F2N3O. The van der Waals surface area contributed by atoms with Crippen molar-refractivity contribution in [2.45, 2.75) is 96.7 Å². The monoisotopic (exact) mass is 499 g/mol. The van der Waals surface area contributed by atoms with E-state index < -0.39 is 11.7 Å². The maximum atomic E-state index is 12.4. The fraction of sp³-hybridized carbons (Fsp3) is 0.533. The maximum absolute atomic E-state index is 12.4. The van der Waals surface area contributed by atoms with Gasteiger partial charge in [-0.05, 0) is 86.8 Å². The topological polar surface area (TPSA) is 67.2 Å². The van der Waals surface area contributed by atoms with Gasteiger partial charge in [0.05, 0.1) is 0 Å². The Hall–Kier alpha value is -2.53. The Morgan fingerprint density at radius 2 is 1.89 bits per heavy atom.